The van der Waals surface area contributed by atoms with Gasteiger partial charge in [-0.05, 0) is 36.2 Å². The van der Waals surface area contributed by atoms with Crippen LogP contribution in [0.2, 0.25) is 0 Å². The van der Waals surface area contributed by atoms with Crippen LogP contribution in [0.4, 0.5) is 0 Å². The highest BCUT2D eigenvalue weighted by molar-refractivity contribution is 7.89. The van der Waals surface area contributed by atoms with Gasteiger partial charge in [0, 0.05) is 12.5 Å². The standard InChI is InChI=1S/C21H20N2O4S/c1-15-9-11-17(12-10-15)28(25,26)22-21-18-7-3-2-6-16(18)14-19(21)27-20-8-4-5-13-23(20)24/h2-13,19,21-22H,14H2,1H3/t19-,21+/m1/s1. The van der Waals surface area contributed by atoms with Crippen LogP contribution in [0, 0.1) is 12.1 Å². The molecule has 4 rings (SSSR count). The molecule has 0 bridgehead atoms. The summed E-state index contributed by atoms with van der Waals surface area (Å²) in [6.07, 6.45) is 1.33. The molecule has 0 radical (unpaired) electrons. The Hall–Kier alpha value is -2.90. The fourth-order valence-corrected chi connectivity index (χ4v) is 4.66. The monoisotopic (exact) mass is 396 g/mol. The van der Waals surface area contributed by atoms with Crippen molar-refractivity contribution in [2.45, 2.75) is 30.4 Å². The maximum Gasteiger partial charge on any atom is 0.379 e. The van der Waals surface area contributed by atoms with Crippen LogP contribution < -0.4 is 14.2 Å². The van der Waals surface area contributed by atoms with Gasteiger partial charge in [-0.15, -0.1) is 4.73 Å². The van der Waals surface area contributed by atoms with Gasteiger partial charge in [-0.25, -0.2) is 8.42 Å². The molecule has 0 spiro atoms. The lowest BCUT2D eigenvalue weighted by molar-refractivity contribution is -0.613. The van der Waals surface area contributed by atoms with Crippen molar-refractivity contribution in [1.29, 1.82) is 0 Å². The molecule has 144 valence electrons. The van der Waals surface area contributed by atoms with Crippen LogP contribution in [0.5, 0.6) is 5.88 Å². The Bertz CT molecular complexity index is 1100. The third kappa shape index (κ3) is 3.58. The summed E-state index contributed by atoms with van der Waals surface area (Å²) in [5.41, 5.74) is 2.84. The molecule has 28 heavy (non-hydrogen) atoms. The van der Waals surface area contributed by atoms with Gasteiger partial charge in [0.25, 0.3) is 0 Å². The molecule has 3 aromatic rings. The van der Waals surface area contributed by atoms with Gasteiger partial charge >= 0.3 is 5.88 Å². The second-order valence-electron chi connectivity index (χ2n) is 6.84. The van der Waals surface area contributed by atoms with Crippen molar-refractivity contribution in [1.82, 2.24) is 4.72 Å². The summed E-state index contributed by atoms with van der Waals surface area (Å²) in [5, 5.41) is 12.0. The summed E-state index contributed by atoms with van der Waals surface area (Å²) >= 11 is 0. The molecule has 0 fully saturated rings. The highest BCUT2D eigenvalue weighted by atomic mass is 32.2. The third-order valence-electron chi connectivity index (χ3n) is 4.86. The largest absolute Gasteiger partial charge is 0.616 e. The molecule has 1 aliphatic rings. The van der Waals surface area contributed by atoms with Gasteiger partial charge in [-0.2, -0.15) is 4.72 Å². The Morgan fingerprint density at radius 3 is 2.50 bits per heavy atom. The van der Waals surface area contributed by atoms with Crippen LogP contribution in [-0.4, -0.2) is 14.5 Å². The molecule has 0 amide bonds. The smallest absolute Gasteiger partial charge is 0.379 e. The number of benzene rings is 2. The normalized spacial score (nSPS) is 18.6. The Morgan fingerprint density at radius 2 is 1.75 bits per heavy atom. The molecule has 2 atom stereocenters. The predicted molar refractivity (Wildman–Crippen MR) is 104 cm³/mol. The molecule has 1 aromatic heterocycles. The van der Waals surface area contributed by atoms with Crippen molar-refractivity contribution < 1.29 is 17.9 Å². The van der Waals surface area contributed by atoms with E-state index in [0.717, 1.165) is 16.7 Å². The molecule has 0 aliphatic heterocycles. The van der Waals surface area contributed by atoms with Crippen molar-refractivity contribution in [3.8, 4) is 5.88 Å². The lowest BCUT2D eigenvalue weighted by Crippen LogP contribution is -2.39. The SMILES string of the molecule is Cc1ccc(S(=O)(=O)N[C@H]2c3ccccc3C[C@H]2Oc2cccc[n+]2[O-])cc1. The summed E-state index contributed by atoms with van der Waals surface area (Å²) in [5.74, 6) is 0.139. The summed E-state index contributed by atoms with van der Waals surface area (Å²) in [7, 11) is -3.75. The predicted octanol–water partition coefficient (Wildman–Crippen LogP) is 2.65. The van der Waals surface area contributed by atoms with E-state index in [1.807, 2.05) is 31.2 Å². The number of sulfonamides is 1. The summed E-state index contributed by atoms with van der Waals surface area (Å²) in [6.45, 7) is 1.90. The zero-order valence-corrected chi connectivity index (χ0v) is 16.1. The van der Waals surface area contributed by atoms with E-state index in [2.05, 4.69) is 4.72 Å². The fourth-order valence-electron chi connectivity index (χ4n) is 3.42. The molecule has 7 heteroatoms. The fraction of sp³-hybridized carbons (Fsp3) is 0.190. The quantitative estimate of drug-likeness (QED) is 0.531. The van der Waals surface area contributed by atoms with Crippen molar-refractivity contribution in [3.63, 3.8) is 0 Å². The second kappa shape index (κ2) is 7.26. The Labute approximate surface area is 164 Å². The van der Waals surface area contributed by atoms with Gasteiger partial charge in [-0.1, -0.05) is 42.0 Å². The number of hydrogen-bond acceptors (Lipinski definition) is 4. The first-order chi connectivity index (χ1) is 13.4. The van der Waals surface area contributed by atoms with E-state index in [1.54, 1.807) is 42.5 Å². The molecule has 1 N–H and O–H groups in total. The summed E-state index contributed by atoms with van der Waals surface area (Å²) in [6, 6.07) is 18.6. The molecule has 0 saturated carbocycles. The maximum absolute atomic E-state index is 12.9. The second-order valence-corrected chi connectivity index (χ2v) is 8.55. The van der Waals surface area contributed by atoms with Gasteiger partial charge < -0.3 is 9.94 Å². The molecule has 2 aromatic carbocycles. The van der Waals surface area contributed by atoms with Crippen LogP contribution in [0.1, 0.15) is 22.7 Å². The third-order valence-corrected chi connectivity index (χ3v) is 6.31. The minimum atomic E-state index is -3.75. The molecular weight excluding hydrogens is 376 g/mol. The molecule has 1 heterocycles. The number of aromatic nitrogens is 1. The maximum atomic E-state index is 12.9. The number of aryl methyl sites for hydroxylation is 1. The first-order valence-corrected chi connectivity index (χ1v) is 10.4. The summed E-state index contributed by atoms with van der Waals surface area (Å²) in [4.78, 5) is 0.194. The van der Waals surface area contributed by atoms with Crippen LogP contribution in [0.25, 0.3) is 0 Å². The van der Waals surface area contributed by atoms with E-state index in [0.29, 0.717) is 11.2 Å². The topological polar surface area (TPSA) is 82.3 Å². The first kappa shape index (κ1) is 18.5. The van der Waals surface area contributed by atoms with E-state index >= 15 is 0 Å². The number of pyridine rings is 1. The van der Waals surface area contributed by atoms with E-state index in [9.17, 15) is 13.6 Å². The lowest BCUT2D eigenvalue weighted by Gasteiger charge is -2.22. The highest BCUT2D eigenvalue weighted by Gasteiger charge is 2.38. The van der Waals surface area contributed by atoms with E-state index in [-0.39, 0.29) is 10.8 Å². The average molecular weight is 396 g/mol. The molecule has 1 aliphatic carbocycles. The zero-order chi connectivity index (χ0) is 19.7. The number of fused-ring (bicyclic) bond motifs is 1. The van der Waals surface area contributed by atoms with Gasteiger partial charge in [0.1, 0.15) is 6.10 Å². The van der Waals surface area contributed by atoms with E-state index < -0.39 is 22.2 Å². The Morgan fingerprint density at radius 1 is 1.04 bits per heavy atom. The Balaban J connectivity index is 1.66. The van der Waals surface area contributed by atoms with Gasteiger partial charge in [0.15, 0.2) is 6.20 Å². The molecule has 0 unspecified atom stereocenters. The van der Waals surface area contributed by atoms with Crippen LogP contribution in [0.3, 0.4) is 0 Å². The number of nitrogens with zero attached hydrogens (tertiary/aromatic N) is 1. The number of hydrogen-bond donors (Lipinski definition) is 1. The van der Waals surface area contributed by atoms with Crippen LogP contribution in [-0.2, 0) is 16.4 Å². The highest BCUT2D eigenvalue weighted by Crippen LogP contribution is 2.34. The zero-order valence-electron chi connectivity index (χ0n) is 15.3. The Kier molecular flexibility index (Phi) is 4.78. The van der Waals surface area contributed by atoms with Gasteiger partial charge in [-0.3, -0.25) is 0 Å². The van der Waals surface area contributed by atoms with E-state index in [1.165, 1.54) is 6.20 Å². The average Bonchev–Trinajstić information content (AvgIpc) is 3.01. The number of ether oxygens (including phenoxy) is 1. The van der Waals surface area contributed by atoms with Crippen molar-refractivity contribution >= 4 is 10.0 Å². The number of nitrogens with one attached hydrogen (secondary N) is 1. The summed E-state index contributed by atoms with van der Waals surface area (Å²) < 4.78 is 35.2. The van der Waals surface area contributed by atoms with Gasteiger partial charge in [0.05, 0.1) is 17.0 Å². The minimum absolute atomic E-state index is 0.139. The first-order valence-electron chi connectivity index (χ1n) is 8.96. The minimum Gasteiger partial charge on any atom is -0.616 e. The van der Waals surface area contributed by atoms with Gasteiger partial charge in [0.2, 0.25) is 10.0 Å². The molecule has 6 nitrogen and oxygen atoms in total. The van der Waals surface area contributed by atoms with E-state index in [4.69, 9.17) is 4.74 Å². The lowest BCUT2D eigenvalue weighted by atomic mass is 10.1. The van der Waals surface area contributed by atoms with Crippen LogP contribution >= 0.6 is 0 Å². The van der Waals surface area contributed by atoms with Crippen molar-refractivity contribution in [3.05, 3.63) is 94.8 Å². The van der Waals surface area contributed by atoms with Crippen molar-refractivity contribution in [2.24, 2.45) is 0 Å². The van der Waals surface area contributed by atoms with Crippen molar-refractivity contribution in [2.75, 3.05) is 0 Å². The van der Waals surface area contributed by atoms with Crippen LogP contribution in [0.15, 0.2) is 77.8 Å². The molecular formula is C21H20N2O4S. The molecule has 0 saturated heterocycles. The number of rotatable bonds is 5.